The van der Waals surface area contributed by atoms with Gasteiger partial charge in [0.2, 0.25) is 0 Å². The third-order valence-electron chi connectivity index (χ3n) is 3.35. The van der Waals surface area contributed by atoms with Gasteiger partial charge >= 0.3 is 19.5 Å². The first-order valence-electron chi connectivity index (χ1n) is 8.34. The maximum absolute atomic E-state index is 9.12. The van der Waals surface area contributed by atoms with Crippen LogP contribution in [0.3, 0.4) is 0 Å². The van der Waals surface area contributed by atoms with Crippen LogP contribution < -0.4 is 0 Å². The molecule has 0 rings (SSSR count). The smallest absolute Gasteiger partial charge is 0.731 e. The van der Waals surface area contributed by atoms with Crippen molar-refractivity contribution in [2.24, 2.45) is 0 Å². The van der Waals surface area contributed by atoms with E-state index in [4.69, 9.17) is 4.79 Å². The fourth-order valence-electron chi connectivity index (χ4n) is 2.19. The van der Waals surface area contributed by atoms with Gasteiger partial charge in [-0.1, -0.05) is 90.4 Å². The average molecular weight is 384 g/mol. The molecule has 0 aliphatic heterocycles. The Labute approximate surface area is 157 Å². The SMILES string of the molecule is O=C([S-])S.[CH2-]CCCCCCCCCCCCCCC.[Zn+2]. The second-order valence-electron chi connectivity index (χ2n) is 5.36. The molecule has 0 unspecified atom stereocenters. The molecule has 0 aliphatic rings. The molecule has 0 spiro atoms. The first kappa shape index (κ1) is 26.7. The molecule has 0 bridgehead atoms. The third kappa shape index (κ3) is 38.6. The van der Waals surface area contributed by atoms with Crippen molar-refractivity contribution in [2.75, 3.05) is 0 Å². The summed E-state index contributed by atoms with van der Waals surface area (Å²) in [4.78, 5) is 9.12. The minimum absolute atomic E-state index is 0. The number of carbonyl (C=O) groups excluding carboxylic acids is 1. The summed E-state index contributed by atoms with van der Waals surface area (Å²) in [6, 6.07) is 0. The van der Waals surface area contributed by atoms with Crippen molar-refractivity contribution in [3.63, 3.8) is 0 Å². The second kappa shape index (κ2) is 25.8. The fourth-order valence-corrected chi connectivity index (χ4v) is 2.19. The summed E-state index contributed by atoms with van der Waals surface area (Å²) in [5.41, 5.74) is 0. The van der Waals surface area contributed by atoms with E-state index in [1.165, 1.54) is 83.5 Å². The van der Waals surface area contributed by atoms with Gasteiger partial charge in [0.15, 0.2) is 0 Å². The Bertz CT molecular complexity index is 172. The van der Waals surface area contributed by atoms with Crippen LogP contribution in [0.5, 0.6) is 0 Å². The number of rotatable bonds is 13. The van der Waals surface area contributed by atoms with Crippen LogP contribution in [0.1, 0.15) is 96.8 Å². The van der Waals surface area contributed by atoms with Gasteiger partial charge in [0.25, 0.3) is 0 Å². The number of carbonyl (C=O) groups is 1. The standard InChI is InChI=1S/C16H33.CH2OS2.Zn/c1-3-5-7-9-11-13-15-16-14-12-10-8-6-4-2;2-1(3)4;/h1,3-16H2,2H3;(H2,2,3,4);/q-1;;+2/p-1. The molecule has 0 aromatic heterocycles. The first-order valence-corrected chi connectivity index (χ1v) is 9.19. The van der Waals surface area contributed by atoms with Crippen LogP contribution in [0.4, 0.5) is 4.79 Å². The van der Waals surface area contributed by atoms with Gasteiger partial charge in [-0.2, -0.15) is 6.42 Å². The minimum atomic E-state index is -0.556. The molecule has 4 heteroatoms. The normalized spacial score (nSPS) is 9.48. The molecule has 0 aliphatic carbocycles. The van der Waals surface area contributed by atoms with Gasteiger partial charge in [0, 0.05) is 0 Å². The number of thiol groups is 1. The van der Waals surface area contributed by atoms with E-state index in [2.05, 4.69) is 39.1 Å². The maximum atomic E-state index is 9.12. The summed E-state index contributed by atoms with van der Waals surface area (Å²) in [5.74, 6) is 0. The molecule has 0 radical (unpaired) electrons. The summed E-state index contributed by atoms with van der Waals surface area (Å²) in [5, 5.41) is 0. The summed E-state index contributed by atoms with van der Waals surface area (Å²) < 4.78 is -0.556. The van der Waals surface area contributed by atoms with Gasteiger partial charge in [-0.25, -0.2) is 0 Å². The van der Waals surface area contributed by atoms with E-state index in [0.717, 1.165) is 6.42 Å². The van der Waals surface area contributed by atoms with Crippen molar-refractivity contribution in [3.8, 4) is 0 Å². The molecule has 0 atom stereocenters. The van der Waals surface area contributed by atoms with Crippen molar-refractivity contribution < 1.29 is 24.3 Å². The number of hydrogen-bond donors (Lipinski definition) is 1. The van der Waals surface area contributed by atoms with Crippen LogP contribution in [0, 0.1) is 6.92 Å². The van der Waals surface area contributed by atoms with E-state index in [-0.39, 0.29) is 19.5 Å². The Morgan fingerprint density at radius 2 is 1.05 bits per heavy atom. The predicted octanol–water partition coefficient (Wildman–Crippen LogP) is 6.88. The van der Waals surface area contributed by atoms with Crippen LogP contribution in [-0.2, 0) is 32.1 Å². The Morgan fingerprint density at radius 1 is 0.810 bits per heavy atom. The predicted molar refractivity (Wildman–Crippen MR) is 97.4 cm³/mol. The zero-order valence-electron chi connectivity index (χ0n) is 14.1. The Kier molecular flexibility index (Phi) is 32.9. The zero-order valence-corrected chi connectivity index (χ0v) is 18.8. The van der Waals surface area contributed by atoms with Gasteiger partial charge < -0.3 is 24.3 Å². The number of unbranched alkanes of at least 4 members (excludes halogenated alkanes) is 13. The molecule has 0 aromatic carbocycles. The van der Waals surface area contributed by atoms with Crippen LogP contribution in [0.2, 0.25) is 0 Å². The van der Waals surface area contributed by atoms with Crippen LogP contribution in [-0.4, -0.2) is 4.45 Å². The quantitative estimate of drug-likeness (QED) is 0.123. The van der Waals surface area contributed by atoms with Crippen molar-refractivity contribution in [1.82, 2.24) is 0 Å². The summed E-state index contributed by atoms with van der Waals surface area (Å²) in [6.45, 7) is 6.16. The van der Waals surface area contributed by atoms with Crippen molar-refractivity contribution in [1.29, 1.82) is 0 Å². The molecule has 122 valence electrons. The van der Waals surface area contributed by atoms with E-state index in [1.807, 2.05) is 0 Å². The van der Waals surface area contributed by atoms with E-state index in [9.17, 15) is 0 Å². The van der Waals surface area contributed by atoms with E-state index < -0.39 is 4.45 Å². The van der Waals surface area contributed by atoms with Crippen LogP contribution in [0.25, 0.3) is 0 Å². The summed E-state index contributed by atoms with van der Waals surface area (Å²) in [7, 11) is 0. The van der Waals surface area contributed by atoms with E-state index in [0.29, 0.717) is 0 Å². The molecule has 0 heterocycles. The second-order valence-corrected chi connectivity index (χ2v) is 6.44. The molecular weight excluding hydrogens is 350 g/mol. The van der Waals surface area contributed by atoms with E-state index >= 15 is 0 Å². The molecule has 0 fully saturated rings. The zero-order chi connectivity index (χ0) is 15.5. The first-order chi connectivity index (χ1) is 9.65. The monoisotopic (exact) mass is 382 g/mol. The van der Waals surface area contributed by atoms with Gasteiger partial charge in [-0.15, -0.1) is 12.6 Å². The topological polar surface area (TPSA) is 17.1 Å². The van der Waals surface area contributed by atoms with Crippen molar-refractivity contribution >= 4 is 29.7 Å². The summed E-state index contributed by atoms with van der Waals surface area (Å²) in [6.07, 6.45) is 19.8. The number of hydrogen-bond acceptors (Lipinski definition) is 2. The van der Waals surface area contributed by atoms with Crippen molar-refractivity contribution in [2.45, 2.75) is 96.8 Å². The molecule has 0 aromatic rings. The molecular formula is C17H34OS2Zn. The van der Waals surface area contributed by atoms with Gasteiger partial charge in [0.05, 0.1) is 4.45 Å². The van der Waals surface area contributed by atoms with E-state index in [1.54, 1.807) is 0 Å². The van der Waals surface area contributed by atoms with Crippen molar-refractivity contribution in [3.05, 3.63) is 6.92 Å². The maximum Gasteiger partial charge on any atom is 2.00 e. The Balaban J connectivity index is -0.000000572. The van der Waals surface area contributed by atoms with Gasteiger partial charge in [0.1, 0.15) is 0 Å². The third-order valence-corrected chi connectivity index (χ3v) is 3.35. The Morgan fingerprint density at radius 3 is 1.29 bits per heavy atom. The summed E-state index contributed by atoms with van der Waals surface area (Å²) >= 11 is 6.99. The molecule has 1 nitrogen and oxygen atoms in total. The fraction of sp³-hybridized carbons (Fsp3) is 0.882. The largest absolute Gasteiger partial charge is 2.00 e. The Hall–Kier alpha value is 0.863. The van der Waals surface area contributed by atoms with Gasteiger partial charge in [-0.3, -0.25) is 0 Å². The van der Waals surface area contributed by atoms with Crippen LogP contribution >= 0.6 is 12.6 Å². The van der Waals surface area contributed by atoms with Gasteiger partial charge in [-0.05, 0) is 0 Å². The molecule has 0 N–H and O–H groups in total. The molecule has 0 saturated heterocycles. The molecule has 0 amide bonds. The molecule has 0 saturated carbocycles. The van der Waals surface area contributed by atoms with Crippen LogP contribution in [0.15, 0.2) is 0 Å². The molecule has 21 heavy (non-hydrogen) atoms. The minimum Gasteiger partial charge on any atom is -0.731 e. The average Bonchev–Trinajstić information content (AvgIpc) is 2.39.